The van der Waals surface area contributed by atoms with Gasteiger partial charge >= 0.3 is 0 Å². The Morgan fingerprint density at radius 3 is 2.74 bits per heavy atom. The highest BCUT2D eigenvalue weighted by atomic mass is 16.3. The molecule has 0 radical (unpaired) electrons. The lowest BCUT2D eigenvalue weighted by molar-refractivity contribution is 0.107. The average molecular weight is 304 g/mol. The third kappa shape index (κ3) is 2.74. The minimum absolute atomic E-state index is 0.0632. The Kier molecular flexibility index (Phi) is 3.82. The number of hydrogen-bond acceptors (Lipinski definition) is 3. The number of aliphatic hydroxyl groups excluding tert-OH is 1. The lowest BCUT2D eigenvalue weighted by atomic mass is 9.93. The van der Waals surface area contributed by atoms with Crippen LogP contribution in [0.3, 0.4) is 0 Å². The van der Waals surface area contributed by atoms with Crippen LogP contribution in [0, 0.1) is 0 Å². The van der Waals surface area contributed by atoms with Crippen molar-refractivity contribution in [2.24, 2.45) is 0 Å². The van der Waals surface area contributed by atoms with Crippen LogP contribution in [0.15, 0.2) is 60.7 Å². The van der Waals surface area contributed by atoms with E-state index >= 15 is 0 Å². The van der Waals surface area contributed by atoms with Crippen molar-refractivity contribution in [1.82, 2.24) is 9.88 Å². The molecule has 2 heterocycles. The number of pyridine rings is 1. The molecule has 1 aromatic heterocycles. The number of fused-ring (bicyclic) bond motifs is 2. The van der Waals surface area contributed by atoms with Crippen LogP contribution in [-0.4, -0.2) is 28.1 Å². The van der Waals surface area contributed by atoms with E-state index in [1.807, 2.05) is 18.2 Å². The highest BCUT2D eigenvalue weighted by Gasteiger charge is 2.26. The summed E-state index contributed by atoms with van der Waals surface area (Å²) in [6.07, 6.45) is 1.03. The summed E-state index contributed by atoms with van der Waals surface area (Å²) in [5.74, 6) is 0. The lowest BCUT2D eigenvalue weighted by Crippen LogP contribution is -2.37. The topological polar surface area (TPSA) is 36.4 Å². The second-order valence-corrected chi connectivity index (χ2v) is 6.11. The standard InChI is InChI=1S/C20H20N2O/c23-14-20-18-7-3-1-5-15(18)11-12-22(20)13-17-10-9-16-6-2-4-8-19(16)21-17/h1-10,20,23H,11-14H2. The maximum absolute atomic E-state index is 9.90. The zero-order chi connectivity index (χ0) is 15.6. The molecule has 0 saturated heterocycles. The van der Waals surface area contributed by atoms with Gasteiger partial charge in [-0.3, -0.25) is 9.88 Å². The van der Waals surface area contributed by atoms with E-state index < -0.39 is 0 Å². The van der Waals surface area contributed by atoms with E-state index in [0.717, 1.165) is 30.7 Å². The molecule has 1 N–H and O–H groups in total. The van der Waals surface area contributed by atoms with Gasteiger partial charge in [-0.1, -0.05) is 48.5 Å². The molecule has 3 nitrogen and oxygen atoms in total. The van der Waals surface area contributed by atoms with Gasteiger partial charge in [0.15, 0.2) is 0 Å². The molecular weight excluding hydrogens is 284 g/mol. The molecule has 0 saturated carbocycles. The number of hydrogen-bond donors (Lipinski definition) is 1. The smallest absolute Gasteiger partial charge is 0.0705 e. The number of aromatic nitrogens is 1. The van der Waals surface area contributed by atoms with E-state index in [4.69, 9.17) is 4.98 Å². The molecular formula is C20H20N2O. The fourth-order valence-corrected chi connectivity index (χ4v) is 3.51. The van der Waals surface area contributed by atoms with Crippen molar-refractivity contribution in [3.05, 3.63) is 77.5 Å². The Labute approximate surface area is 136 Å². The highest BCUT2D eigenvalue weighted by molar-refractivity contribution is 5.78. The quantitative estimate of drug-likeness (QED) is 0.806. The predicted molar refractivity (Wildman–Crippen MR) is 92.1 cm³/mol. The molecule has 0 aliphatic carbocycles. The lowest BCUT2D eigenvalue weighted by Gasteiger charge is -2.36. The van der Waals surface area contributed by atoms with E-state index in [-0.39, 0.29) is 12.6 Å². The van der Waals surface area contributed by atoms with Gasteiger partial charge in [-0.05, 0) is 29.7 Å². The summed E-state index contributed by atoms with van der Waals surface area (Å²) < 4.78 is 0. The molecule has 1 aliphatic heterocycles. The van der Waals surface area contributed by atoms with Gasteiger partial charge in [0.25, 0.3) is 0 Å². The fourth-order valence-electron chi connectivity index (χ4n) is 3.51. The molecule has 1 atom stereocenters. The minimum atomic E-state index is 0.0632. The third-order valence-electron chi connectivity index (χ3n) is 4.72. The molecule has 0 spiro atoms. The average Bonchev–Trinajstić information content (AvgIpc) is 2.61. The fraction of sp³-hybridized carbons (Fsp3) is 0.250. The summed E-state index contributed by atoms with van der Waals surface area (Å²) >= 11 is 0. The van der Waals surface area contributed by atoms with Crippen molar-refractivity contribution >= 4 is 10.9 Å². The molecule has 1 unspecified atom stereocenters. The molecule has 3 aromatic rings. The minimum Gasteiger partial charge on any atom is -0.394 e. The first-order valence-electron chi connectivity index (χ1n) is 8.12. The van der Waals surface area contributed by atoms with Gasteiger partial charge in [0.2, 0.25) is 0 Å². The van der Waals surface area contributed by atoms with Crippen LogP contribution in [-0.2, 0) is 13.0 Å². The van der Waals surface area contributed by atoms with Crippen LogP contribution >= 0.6 is 0 Å². The normalized spacial score (nSPS) is 18.0. The maximum atomic E-state index is 9.90. The maximum Gasteiger partial charge on any atom is 0.0705 e. The van der Waals surface area contributed by atoms with E-state index in [1.54, 1.807) is 0 Å². The van der Waals surface area contributed by atoms with E-state index in [9.17, 15) is 5.11 Å². The molecule has 116 valence electrons. The Morgan fingerprint density at radius 2 is 1.83 bits per heavy atom. The van der Waals surface area contributed by atoms with Crippen molar-refractivity contribution < 1.29 is 5.11 Å². The van der Waals surface area contributed by atoms with E-state index in [2.05, 4.69) is 47.4 Å². The molecule has 0 amide bonds. The SMILES string of the molecule is OCC1c2ccccc2CCN1Cc1ccc2ccccc2n1. The molecule has 0 fully saturated rings. The van der Waals surface area contributed by atoms with Crippen LogP contribution in [0.2, 0.25) is 0 Å². The van der Waals surface area contributed by atoms with Gasteiger partial charge in [0.1, 0.15) is 0 Å². The summed E-state index contributed by atoms with van der Waals surface area (Å²) in [5.41, 5.74) is 4.70. The Bertz CT molecular complexity index is 830. The number of rotatable bonds is 3. The monoisotopic (exact) mass is 304 g/mol. The van der Waals surface area contributed by atoms with Gasteiger partial charge < -0.3 is 5.11 Å². The molecule has 1 aliphatic rings. The number of aliphatic hydroxyl groups is 1. The van der Waals surface area contributed by atoms with Crippen LogP contribution in [0.25, 0.3) is 10.9 Å². The van der Waals surface area contributed by atoms with Crippen molar-refractivity contribution in [2.45, 2.75) is 19.0 Å². The number of para-hydroxylation sites is 1. The molecule has 4 rings (SSSR count). The largest absolute Gasteiger partial charge is 0.394 e. The Balaban J connectivity index is 1.62. The van der Waals surface area contributed by atoms with Crippen molar-refractivity contribution in [3.8, 4) is 0 Å². The summed E-state index contributed by atoms with van der Waals surface area (Å²) in [6.45, 7) is 1.87. The van der Waals surface area contributed by atoms with Crippen molar-refractivity contribution in [2.75, 3.05) is 13.2 Å². The van der Waals surface area contributed by atoms with Gasteiger partial charge in [0, 0.05) is 18.5 Å². The van der Waals surface area contributed by atoms with E-state index in [1.165, 1.54) is 16.5 Å². The first-order valence-corrected chi connectivity index (χ1v) is 8.12. The first-order chi connectivity index (χ1) is 11.3. The molecule has 23 heavy (non-hydrogen) atoms. The van der Waals surface area contributed by atoms with Gasteiger partial charge in [-0.25, -0.2) is 0 Å². The summed E-state index contributed by atoms with van der Waals surface area (Å²) in [4.78, 5) is 7.10. The van der Waals surface area contributed by atoms with Crippen LogP contribution in [0.1, 0.15) is 22.9 Å². The zero-order valence-electron chi connectivity index (χ0n) is 13.0. The van der Waals surface area contributed by atoms with Crippen molar-refractivity contribution in [3.63, 3.8) is 0 Å². The number of benzene rings is 2. The molecule has 3 heteroatoms. The summed E-state index contributed by atoms with van der Waals surface area (Å²) in [5, 5.41) is 11.1. The second kappa shape index (κ2) is 6.11. The molecule has 0 bridgehead atoms. The van der Waals surface area contributed by atoms with Crippen LogP contribution in [0.4, 0.5) is 0 Å². The van der Waals surface area contributed by atoms with Crippen LogP contribution < -0.4 is 0 Å². The summed E-state index contributed by atoms with van der Waals surface area (Å²) in [6, 6.07) is 20.9. The second-order valence-electron chi connectivity index (χ2n) is 6.11. The predicted octanol–water partition coefficient (Wildman–Crippen LogP) is 3.33. The molecule has 2 aromatic carbocycles. The first kappa shape index (κ1) is 14.4. The Hall–Kier alpha value is -2.23. The zero-order valence-corrected chi connectivity index (χ0v) is 13.0. The third-order valence-corrected chi connectivity index (χ3v) is 4.72. The Morgan fingerprint density at radius 1 is 1.00 bits per heavy atom. The highest BCUT2D eigenvalue weighted by Crippen LogP contribution is 2.30. The van der Waals surface area contributed by atoms with Crippen molar-refractivity contribution in [1.29, 1.82) is 0 Å². The van der Waals surface area contributed by atoms with E-state index in [0.29, 0.717) is 0 Å². The van der Waals surface area contributed by atoms with Gasteiger partial charge in [-0.15, -0.1) is 0 Å². The van der Waals surface area contributed by atoms with Gasteiger partial charge in [0.05, 0.1) is 23.9 Å². The summed E-state index contributed by atoms with van der Waals surface area (Å²) in [7, 11) is 0. The van der Waals surface area contributed by atoms with Crippen LogP contribution in [0.5, 0.6) is 0 Å². The van der Waals surface area contributed by atoms with Gasteiger partial charge in [-0.2, -0.15) is 0 Å². The number of nitrogens with zero attached hydrogens (tertiary/aromatic N) is 2.